The van der Waals surface area contributed by atoms with Crippen LogP contribution in [0, 0.1) is 5.92 Å². The van der Waals surface area contributed by atoms with E-state index in [1.165, 1.54) is 55.2 Å². The molecule has 1 saturated carbocycles. The molecule has 1 aromatic heterocycles. The van der Waals surface area contributed by atoms with E-state index >= 15 is 0 Å². The third kappa shape index (κ3) is 2.86. The number of carboxylic acid groups (broad SMARTS) is 1. The summed E-state index contributed by atoms with van der Waals surface area (Å²) in [5, 5.41) is 18.0. The Morgan fingerprint density at radius 3 is 3.05 bits per heavy atom. The van der Waals surface area contributed by atoms with E-state index in [0.29, 0.717) is 6.04 Å². The van der Waals surface area contributed by atoms with Crippen molar-refractivity contribution in [2.75, 3.05) is 17.2 Å². The number of rotatable bonds is 4. The zero-order valence-electron chi connectivity index (χ0n) is 10.6. The van der Waals surface area contributed by atoms with Gasteiger partial charge >= 0.3 is 5.97 Å². The predicted octanol–water partition coefficient (Wildman–Crippen LogP) is 2.48. The molecule has 0 radical (unpaired) electrons. The average molecular weight is 299 g/mol. The van der Waals surface area contributed by atoms with Gasteiger partial charge in [0.05, 0.1) is 5.75 Å². The van der Waals surface area contributed by atoms with Gasteiger partial charge in [0, 0.05) is 12.6 Å². The molecule has 1 saturated heterocycles. The van der Waals surface area contributed by atoms with Crippen LogP contribution in [0.1, 0.15) is 32.1 Å². The van der Waals surface area contributed by atoms with Crippen LogP contribution in [0.15, 0.2) is 4.34 Å². The summed E-state index contributed by atoms with van der Waals surface area (Å²) in [6.45, 7) is 1.07. The smallest absolute Gasteiger partial charge is 0.313 e. The second-order valence-corrected chi connectivity index (χ2v) is 7.31. The topological polar surface area (TPSA) is 66.3 Å². The molecule has 0 bridgehead atoms. The van der Waals surface area contributed by atoms with Crippen LogP contribution >= 0.6 is 23.1 Å². The van der Waals surface area contributed by atoms with Gasteiger partial charge in [-0.05, 0) is 31.6 Å². The number of nitrogens with zero attached hydrogens (tertiary/aromatic N) is 3. The first kappa shape index (κ1) is 13.2. The third-order valence-corrected chi connectivity index (χ3v) is 6.03. The van der Waals surface area contributed by atoms with Gasteiger partial charge in [0.2, 0.25) is 5.13 Å². The van der Waals surface area contributed by atoms with Crippen LogP contribution in [0.25, 0.3) is 0 Å². The summed E-state index contributed by atoms with van der Waals surface area (Å²) in [5.41, 5.74) is 0. The van der Waals surface area contributed by atoms with Crippen molar-refractivity contribution in [3.63, 3.8) is 0 Å². The van der Waals surface area contributed by atoms with Crippen LogP contribution < -0.4 is 4.90 Å². The van der Waals surface area contributed by atoms with E-state index in [1.807, 2.05) is 0 Å². The lowest BCUT2D eigenvalue weighted by molar-refractivity contribution is -0.133. The molecule has 2 fully saturated rings. The Bertz CT molecular complexity index is 466. The molecular formula is C12H17N3O2S2. The van der Waals surface area contributed by atoms with Crippen LogP contribution in [0.4, 0.5) is 5.13 Å². The molecule has 1 N–H and O–H groups in total. The molecule has 7 heteroatoms. The van der Waals surface area contributed by atoms with E-state index in [0.717, 1.165) is 21.9 Å². The number of anilines is 1. The number of hydrogen-bond donors (Lipinski definition) is 1. The van der Waals surface area contributed by atoms with Gasteiger partial charge in [0.1, 0.15) is 0 Å². The number of aliphatic carboxylic acids is 1. The Balaban J connectivity index is 1.69. The summed E-state index contributed by atoms with van der Waals surface area (Å²) >= 11 is 2.79. The Morgan fingerprint density at radius 1 is 1.37 bits per heavy atom. The summed E-state index contributed by atoms with van der Waals surface area (Å²) in [5.74, 6) is 0.0732. The van der Waals surface area contributed by atoms with Crippen molar-refractivity contribution in [1.82, 2.24) is 10.2 Å². The van der Waals surface area contributed by atoms with Gasteiger partial charge in [-0.2, -0.15) is 0 Å². The number of fused-ring (bicyclic) bond motifs is 1. The second kappa shape index (κ2) is 5.66. The Morgan fingerprint density at radius 2 is 2.21 bits per heavy atom. The van der Waals surface area contributed by atoms with Crippen LogP contribution in [-0.2, 0) is 4.79 Å². The summed E-state index contributed by atoms with van der Waals surface area (Å²) < 4.78 is 0.762. The zero-order chi connectivity index (χ0) is 13.2. The van der Waals surface area contributed by atoms with Crippen molar-refractivity contribution in [2.24, 2.45) is 5.92 Å². The summed E-state index contributed by atoms with van der Waals surface area (Å²) in [6, 6.07) is 0.638. The van der Waals surface area contributed by atoms with Crippen LogP contribution in [0.2, 0.25) is 0 Å². The minimum Gasteiger partial charge on any atom is -0.481 e. The van der Waals surface area contributed by atoms with E-state index in [1.54, 1.807) is 0 Å². The average Bonchev–Trinajstić information content (AvgIpc) is 3.04. The molecule has 1 aromatic rings. The Kier molecular flexibility index (Phi) is 3.93. The third-order valence-electron chi connectivity index (χ3n) is 3.95. The van der Waals surface area contributed by atoms with Crippen molar-refractivity contribution in [2.45, 2.75) is 42.5 Å². The van der Waals surface area contributed by atoms with Gasteiger partial charge in [-0.1, -0.05) is 29.5 Å². The summed E-state index contributed by atoms with van der Waals surface area (Å²) in [6.07, 6.45) is 6.52. The minimum atomic E-state index is -0.810. The van der Waals surface area contributed by atoms with Gasteiger partial charge in [-0.25, -0.2) is 0 Å². The Hall–Kier alpha value is -0.820. The molecule has 2 atom stereocenters. The van der Waals surface area contributed by atoms with Crippen molar-refractivity contribution in [3.05, 3.63) is 0 Å². The molecule has 0 amide bonds. The molecule has 1 aliphatic carbocycles. The maximum Gasteiger partial charge on any atom is 0.313 e. The highest BCUT2D eigenvalue weighted by molar-refractivity contribution is 8.01. The van der Waals surface area contributed by atoms with Crippen LogP contribution in [-0.4, -0.2) is 39.6 Å². The molecule has 19 heavy (non-hydrogen) atoms. The number of hydrogen-bond acceptors (Lipinski definition) is 6. The van der Waals surface area contributed by atoms with Crippen molar-refractivity contribution in [1.29, 1.82) is 0 Å². The summed E-state index contributed by atoms with van der Waals surface area (Å²) in [4.78, 5) is 13.0. The number of piperidine rings is 1. The maximum absolute atomic E-state index is 10.6. The first-order chi connectivity index (χ1) is 9.24. The van der Waals surface area contributed by atoms with Crippen LogP contribution in [0.3, 0.4) is 0 Å². The van der Waals surface area contributed by atoms with Gasteiger partial charge in [0.15, 0.2) is 4.34 Å². The maximum atomic E-state index is 10.6. The molecule has 0 aromatic carbocycles. The van der Waals surface area contributed by atoms with E-state index in [-0.39, 0.29) is 5.75 Å². The molecule has 2 unspecified atom stereocenters. The number of carboxylic acids is 1. The number of carbonyl (C=O) groups is 1. The van der Waals surface area contributed by atoms with Crippen LogP contribution in [0.5, 0.6) is 0 Å². The molecule has 104 valence electrons. The van der Waals surface area contributed by atoms with Gasteiger partial charge in [-0.15, -0.1) is 10.2 Å². The standard InChI is InChI=1S/C12H17N3O2S2/c16-10(17)7-18-12-14-13-11(19-12)15-6-2-4-8-3-1-5-9(8)15/h8-9H,1-7H2,(H,16,17). The van der Waals surface area contributed by atoms with Gasteiger partial charge in [-0.3, -0.25) is 4.79 Å². The summed E-state index contributed by atoms with van der Waals surface area (Å²) in [7, 11) is 0. The highest BCUT2D eigenvalue weighted by Gasteiger charge is 2.36. The highest BCUT2D eigenvalue weighted by atomic mass is 32.2. The minimum absolute atomic E-state index is 0.0562. The molecule has 2 aliphatic rings. The fraction of sp³-hybridized carbons (Fsp3) is 0.750. The zero-order valence-corrected chi connectivity index (χ0v) is 12.3. The fourth-order valence-electron chi connectivity index (χ4n) is 3.19. The van der Waals surface area contributed by atoms with Crippen molar-refractivity contribution >= 4 is 34.2 Å². The fourth-order valence-corrected chi connectivity index (χ4v) is 4.84. The normalized spacial score (nSPS) is 26.4. The highest BCUT2D eigenvalue weighted by Crippen LogP contribution is 2.40. The molecule has 5 nitrogen and oxygen atoms in total. The van der Waals surface area contributed by atoms with Gasteiger partial charge in [0.25, 0.3) is 0 Å². The number of aromatic nitrogens is 2. The SMILES string of the molecule is O=C(O)CSc1nnc(N2CCCC3CCCC32)s1. The molecule has 3 rings (SSSR count). The van der Waals surface area contributed by atoms with Crippen molar-refractivity contribution < 1.29 is 9.90 Å². The van der Waals surface area contributed by atoms with Gasteiger partial charge < -0.3 is 10.0 Å². The van der Waals surface area contributed by atoms with E-state index in [2.05, 4.69) is 15.1 Å². The number of thioether (sulfide) groups is 1. The Labute approximate surface area is 120 Å². The van der Waals surface area contributed by atoms with E-state index < -0.39 is 5.97 Å². The lowest BCUT2D eigenvalue weighted by Crippen LogP contribution is -2.42. The second-order valence-electron chi connectivity index (χ2n) is 5.13. The largest absolute Gasteiger partial charge is 0.481 e. The lowest BCUT2D eigenvalue weighted by Gasteiger charge is -2.37. The van der Waals surface area contributed by atoms with E-state index in [9.17, 15) is 4.79 Å². The lowest BCUT2D eigenvalue weighted by atomic mass is 9.92. The van der Waals surface area contributed by atoms with E-state index in [4.69, 9.17) is 5.11 Å². The monoisotopic (exact) mass is 299 g/mol. The predicted molar refractivity (Wildman–Crippen MR) is 76.0 cm³/mol. The molecular weight excluding hydrogens is 282 g/mol. The molecule has 1 aliphatic heterocycles. The first-order valence-corrected chi connectivity index (χ1v) is 8.49. The van der Waals surface area contributed by atoms with Crippen molar-refractivity contribution in [3.8, 4) is 0 Å². The quantitative estimate of drug-likeness (QED) is 0.862. The molecule has 0 spiro atoms. The first-order valence-electron chi connectivity index (χ1n) is 6.69. The molecule has 2 heterocycles.